The Bertz CT molecular complexity index is 502. The smallest absolute Gasteiger partial charge is 0.321 e. The Balaban J connectivity index is 2.81. The van der Waals surface area contributed by atoms with E-state index in [1.54, 1.807) is 6.92 Å². The fourth-order valence-electron chi connectivity index (χ4n) is 1.48. The Morgan fingerprint density at radius 2 is 2.05 bits per heavy atom. The van der Waals surface area contributed by atoms with Gasteiger partial charge in [-0.25, -0.2) is 13.6 Å². The summed E-state index contributed by atoms with van der Waals surface area (Å²) in [5.74, 6) is -2.73. The van der Waals surface area contributed by atoms with Crippen LogP contribution in [0.15, 0.2) is 16.6 Å². The van der Waals surface area contributed by atoms with Crippen molar-refractivity contribution >= 4 is 33.6 Å². The minimum atomic E-state index is -1.04. The number of amides is 2. The highest BCUT2D eigenvalue weighted by molar-refractivity contribution is 9.10. The second-order valence-electron chi connectivity index (χ2n) is 3.90. The molecular weight excluding hydrogens is 338 g/mol. The molecule has 0 fully saturated rings. The lowest BCUT2D eigenvalue weighted by atomic mass is 10.3. The Hall–Kier alpha value is -1.70. The standard InChI is InChI=1S/C12H13BrF2N2O3/c1-2-17(4-3-10(18)19)12(20)16-11-8(13)5-7(14)6-9(11)15/h5-6H,2-4H2,1H3,(H,16,20)(H,18,19). The maximum absolute atomic E-state index is 13.6. The highest BCUT2D eigenvalue weighted by Gasteiger charge is 2.17. The van der Waals surface area contributed by atoms with Crippen LogP contribution in [-0.2, 0) is 4.79 Å². The quantitative estimate of drug-likeness (QED) is 0.857. The number of hydrogen-bond donors (Lipinski definition) is 2. The third kappa shape index (κ3) is 4.44. The first-order valence-electron chi connectivity index (χ1n) is 5.77. The van der Waals surface area contributed by atoms with E-state index in [9.17, 15) is 18.4 Å². The third-order valence-corrected chi connectivity index (χ3v) is 3.13. The minimum Gasteiger partial charge on any atom is -0.481 e. The topological polar surface area (TPSA) is 69.6 Å². The van der Waals surface area contributed by atoms with Gasteiger partial charge in [-0.15, -0.1) is 0 Å². The predicted octanol–water partition coefficient (Wildman–Crippen LogP) is 3.06. The van der Waals surface area contributed by atoms with E-state index in [4.69, 9.17) is 5.11 Å². The predicted molar refractivity (Wildman–Crippen MR) is 72.6 cm³/mol. The van der Waals surface area contributed by atoms with Gasteiger partial charge in [0.05, 0.1) is 12.1 Å². The van der Waals surface area contributed by atoms with Crippen molar-refractivity contribution in [2.45, 2.75) is 13.3 Å². The number of benzene rings is 1. The van der Waals surface area contributed by atoms with Crippen LogP contribution in [-0.4, -0.2) is 35.1 Å². The van der Waals surface area contributed by atoms with E-state index < -0.39 is 23.6 Å². The molecule has 0 aromatic heterocycles. The van der Waals surface area contributed by atoms with E-state index in [1.165, 1.54) is 4.90 Å². The lowest BCUT2D eigenvalue weighted by Crippen LogP contribution is -2.36. The van der Waals surface area contributed by atoms with Gasteiger partial charge in [0.25, 0.3) is 0 Å². The molecule has 0 saturated carbocycles. The zero-order valence-corrected chi connectivity index (χ0v) is 12.2. The molecule has 0 atom stereocenters. The number of aliphatic carboxylic acids is 1. The molecule has 20 heavy (non-hydrogen) atoms. The fraction of sp³-hybridized carbons (Fsp3) is 0.333. The first-order valence-corrected chi connectivity index (χ1v) is 6.56. The summed E-state index contributed by atoms with van der Waals surface area (Å²) in [6, 6.07) is 1.01. The van der Waals surface area contributed by atoms with Crippen molar-refractivity contribution in [1.29, 1.82) is 0 Å². The Morgan fingerprint density at radius 1 is 1.40 bits per heavy atom. The van der Waals surface area contributed by atoms with Gasteiger partial charge in [-0.2, -0.15) is 0 Å². The summed E-state index contributed by atoms with van der Waals surface area (Å²) in [6.45, 7) is 1.93. The number of nitrogens with zero attached hydrogens (tertiary/aromatic N) is 1. The number of carboxylic acid groups (broad SMARTS) is 1. The monoisotopic (exact) mass is 350 g/mol. The summed E-state index contributed by atoms with van der Waals surface area (Å²) in [4.78, 5) is 23.6. The van der Waals surface area contributed by atoms with Crippen molar-refractivity contribution in [3.05, 3.63) is 28.2 Å². The number of carbonyl (C=O) groups is 2. The molecule has 0 aliphatic heterocycles. The van der Waals surface area contributed by atoms with Crippen molar-refractivity contribution in [3.8, 4) is 0 Å². The summed E-state index contributed by atoms with van der Waals surface area (Å²) < 4.78 is 26.5. The van der Waals surface area contributed by atoms with Crippen molar-refractivity contribution < 1.29 is 23.5 Å². The number of hydrogen-bond acceptors (Lipinski definition) is 2. The van der Waals surface area contributed by atoms with Crippen LogP contribution in [0.25, 0.3) is 0 Å². The molecule has 0 bridgehead atoms. The maximum atomic E-state index is 13.6. The first kappa shape index (κ1) is 16.4. The number of carboxylic acids is 1. The van der Waals surface area contributed by atoms with Crippen LogP contribution in [0.3, 0.4) is 0 Å². The Kier molecular flexibility index (Phi) is 5.87. The SMILES string of the molecule is CCN(CCC(=O)O)C(=O)Nc1c(F)cc(F)cc1Br. The highest BCUT2D eigenvalue weighted by Crippen LogP contribution is 2.27. The van der Waals surface area contributed by atoms with E-state index in [1.807, 2.05) is 0 Å². The molecule has 1 aromatic rings. The van der Waals surface area contributed by atoms with E-state index in [-0.39, 0.29) is 29.7 Å². The highest BCUT2D eigenvalue weighted by atomic mass is 79.9. The molecule has 0 aliphatic carbocycles. The average Bonchev–Trinajstić information content (AvgIpc) is 2.34. The van der Waals surface area contributed by atoms with E-state index in [2.05, 4.69) is 21.2 Å². The van der Waals surface area contributed by atoms with E-state index in [0.717, 1.165) is 6.07 Å². The van der Waals surface area contributed by atoms with Gasteiger partial charge in [-0.1, -0.05) is 0 Å². The van der Waals surface area contributed by atoms with Gasteiger partial charge in [-0.3, -0.25) is 4.79 Å². The van der Waals surface area contributed by atoms with Gasteiger partial charge in [0.15, 0.2) is 5.82 Å². The molecule has 0 aliphatic rings. The lowest BCUT2D eigenvalue weighted by Gasteiger charge is -2.21. The lowest BCUT2D eigenvalue weighted by molar-refractivity contribution is -0.137. The molecule has 2 amide bonds. The summed E-state index contributed by atoms with van der Waals surface area (Å²) in [5, 5.41) is 10.9. The number of rotatable bonds is 5. The number of carbonyl (C=O) groups excluding carboxylic acids is 1. The first-order chi connectivity index (χ1) is 9.35. The molecule has 2 N–H and O–H groups in total. The van der Waals surface area contributed by atoms with Gasteiger partial charge < -0.3 is 15.3 Å². The van der Waals surface area contributed by atoms with Crippen molar-refractivity contribution in [1.82, 2.24) is 4.90 Å². The maximum Gasteiger partial charge on any atom is 0.321 e. The fourth-order valence-corrected chi connectivity index (χ4v) is 1.99. The molecule has 0 heterocycles. The molecule has 0 spiro atoms. The zero-order valence-electron chi connectivity index (χ0n) is 10.6. The zero-order chi connectivity index (χ0) is 15.3. The summed E-state index contributed by atoms with van der Waals surface area (Å²) in [7, 11) is 0. The van der Waals surface area contributed by atoms with Gasteiger partial charge in [0.1, 0.15) is 5.82 Å². The van der Waals surface area contributed by atoms with Crippen molar-refractivity contribution in [3.63, 3.8) is 0 Å². The Labute approximate surface area is 122 Å². The molecule has 1 aromatic carbocycles. The number of anilines is 1. The van der Waals surface area contributed by atoms with Crippen LogP contribution in [0.4, 0.5) is 19.3 Å². The second-order valence-corrected chi connectivity index (χ2v) is 4.75. The third-order valence-electron chi connectivity index (χ3n) is 2.50. The molecule has 1 rings (SSSR count). The van der Waals surface area contributed by atoms with Crippen LogP contribution in [0.1, 0.15) is 13.3 Å². The van der Waals surface area contributed by atoms with Crippen LogP contribution in [0.2, 0.25) is 0 Å². The second kappa shape index (κ2) is 7.18. The summed E-state index contributed by atoms with van der Waals surface area (Å²) in [6.07, 6.45) is -0.214. The number of halogens is 3. The van der Waals surface area contributed by atoms with Crippen LogP contribution in [0, 0.1) is 11.6 Å². The van der Waals surface area contributed by atoms with Gasteiger partial charge in [-0.05, 0) is 28.9 Å². The molecule has 110 valence electrons. The number of urea groups is 1. The minimum absolute atomic E-state index is 0.00189. The molecule has 8 heteroatoms. The van der Waals surface area contributed by atoms with Gasteiger partial charge in [0, 0.05) is 23.6 Å². The van der Waals surface area contributed by atoms with Gasteiger partial charge in [0.2, 0.25) is 0 Å². The van der Waals surface area contributed by atoms with Crippen molar-refractivity contribution in [2.24, 2.45) is 0 Å². The van der Waals surface area contributed by atoms with Crippen LogP contribution < -0.4 is 5.32 Å². The molecule has 0 radical (unpaired) electrons. The molecule has 0 unspecified atom stereocenters. The number of nitrogens with one attached hydrogen (secondary N) is 1. The largest absolute Gasteiger partial charge is 0.481 e. The van der Waals surface area contributed by atoms with E-state index in [0.29, 0.717) is 6.07 Å². The molecule has 5 nitrogen and oxygen atoms in total. The average molecular weight is 351 g/mol. The normalized spacial score (nSPS) is 10.2. The molecular formula is C12H13BrF2N2O3. The molecule has 0 saturated heterocycles. The Morgan fingerprint density at radius 3 is 2.55 bits per heavy atom. The van der Waals surface area contributed by atoms with Crippen molar-refractivity contribution in [2.75, 3.05) is 18.4 Å². The van der Waals surface area contributed by atoms with Gasteiger partial charge >= 0.3 is 12.0 Å². The van der Waals surface area contributed by atoms with E-state index >= 15 is 0 Å². The summed E-state index contributed by atoms with van der Waals surface area (Å²) >= 11 is 2.95. The van der Waals surface area contributed by atoms with Crippen LogP contribution >= 0.6 is 15.9 Å². The summed E-state index contributed by atoms with van der Waals surface area (Å²) in [5.41, 5.74) is -0.190. The van der Waals surface area contributed by atoms with Crippen LogP contribution in [0.5, 0.6) is 0 Å².